The lowest BCUT2D eigenvalue weighted by molar-refractivity contribution is -0.386. The van der Waals surface area contributed by atoms with Gasteiger partial charge in [0.1, 0.15) is 6.61 Å². The van der Waals surface area contributed by atoms with Gasteiger partial charge in [0.25, 0.3) is 0 Å². The maximum absolute atomic E-state index is 6.08. The van der Waals surface area contributed by atoms with Gasteiger partial charge >= 0.3 is 0 Å². The maximum atomic E-state index is 6.08. The van der Waals surface area contributed by atoms with Crippen LogP contribution in [-0.4, -0.2) is 38.5 Å². The molecule has 4 nitrogen and oxygen atoms in total. The summed E-state index contributed by atoms with van der Waals surface area (Å²) in [4.78, 5) is 0. The van der Waals surface area contributed by atoms with Gasteiger partial charge in [-0.1, -0.05) is 19.3 Å². The summed E-state index contributed by atoms with van der Waals surface area (Å²) in [6.07, 6.45) is 7.20. The number of hydrogen-bond donors (Lipinski definition) is 0. The predicted molar refractivity (Wildman–Crippen MR) is 61.5 cm³/mol. The van der Waals surface area contributed by atoms with Gasteiger partial charge in [-0.15, -0.1) is 0 Å². The van der Waals surface area contributed by atoms with Crippen LogP contribution in [0.1, 0.15) is 38.5 Å². The van der Waals surface area contributed by atoms with Gasteiger partial charge in [-0.25, -0.2) is 0 Å². The normalized spacial score (nSPS) is 39.9. The molecular weight excluding hydrogens is 220 g/mol. The predicted octanol–water partition coefficient (Wildman–Crippen LogP) is 2.07. The van der Waals surface area contributed by atoms with E-state index in [1.54, 1.807) is 0 Å². The maximum Gasteiger partial charge on any atom is 0.197 e. The number of ether oxygens (including phenoxy) is 4. The summed E-state index contributed by atoms with van der Waals surface area (Å²) in [7, 11) is 0. The van der Waals surface area contributed by atoms with Gasteiger partial charge in [0.2, 0.25) is 0 Å². The Balaban J connectivity index is 1.68. The van der Waals surface area contributed by atoms with Crippen LogP contribution in [0.4, 0.5) is 0 Å². The lowest BCUT2D eigenvalue weighted by atomic mass is 9.83. The topological polar surface area (TPSA) is 36.9 Å². The number of rotatable bonds is 3. The van der Waals surface area contributed by atoms with Crippen LogP contribution in [-0.2, 0) is 18.9 Å². The summed E-state index contributed by atoms with van der Waals surface area (Å²) in [5.74, 6) is -0.0511. The molecule has 2 atom stereocenters. The molecule has 2 aliphatic heterocycles. The molecule has 17 heavy (non-hydrogen) atoms. The fraction of sp³-hybridized carbons (Fsp3) is 1.00. The molecule has 0 bridgehead atoms. The second-order valence-corrected chi connectivity index (χ2v) is 5.25. The molecule has 4 heteroatoms. The zero-order valence-electron chi connectivity index (χ0n) is 10.4. The second-order valence-electron chi connectivity index (χ2n) is 5.25. The summed E-state index contributed by atoms with van der Waals surface area (Å²) >= 11 is 0. The van der Waals surface area contributed by atoms with Crippen LogP contribution in [0.5, 0.6) is 0 Å². The van der Waals surface area contributed by atoms with Crippen LogP contribution in [0.25, 0.3) is 0 Å². The molecule has 3 aliphatic rings. The van der Waals surface area contributed by atoms with Crippen LogP contribution < -0.4 is 0 Å². The minimum absolute atomic E-state index is 0.0707. The first-order valence-electron chi connectivity index (χ1n) is 6.90. The third kappa shape index (κ3) is 2.50. The molecule has 1 aliphatic carbocycles. The van der Waals surface area contributed by atoms with Crippen molar-refractivity contribution in [3.63, 3.8) is 0 Å². The minimum Gasteiger partial charge on any atom is -0.373 e. The highest BCUT2D eigenvalue weighted by molar-refractivity contribution is 4.85. The highest BCUT2D eigenvalue weighted by atomic mass is 16.8. The Morgan fingerprint density at radius 1 is 0.941 bits per heavy atom. The molecule has 2 saturated heterocycles. The van der Waals surface area contributed by atoms with Gasteiger partial charge in [0.15, 0.2) is 12.1 Å². The Bertz CT molecular complexity index is 240. The Kier molecular flexibility index (Phi) is 3.66. The lowest BCUT2D eigenvalue weighted by Gasteiger charge is -2.46. The first-order valence-corrected chi connectivity index (χ1v) is 6.90. The average Bonchev–Trinajstić information content (AvgIpc) is 2.36. The van der Waals surface area contributed by atoms with Crippen molar-refractivity contribution in [2.24, 2.45) is 5.92 Å². The Morgan fingerprint density at radius 3 is 2.35 bits per heavy atom. The summed E-state index contributed by atoms with van der Waals surface area (Å²) in [6, 6.07) is 0. The summed E-state index contributed by atoms with van der Waals surface area (Å²) in [5.41, 5.74) is 0. The average molecular weight is 242 g/mol. The van der Waals surface area contributed by atoms with E-state index in [2.05, 4.69) is 0 Å². The quantitative estimate of drug-likeness (QED) is 0.759. The van der Waals surface area contributed by atoms with Gasteiger partial charge in [-0.05, 0) is 12.8 Å². The van der Waals surface area contributed by atoms with Crippen molar-refractivity contribution in [2.45, 2.75) is 50.6 Å². The molecule has 3 rings (SSSR count). The molecule has 2 heterocycles. The standard InChI is InChI=1S/C13H22O4/c1-2-4-11(5-3-1)13(10-14-8-9-16-13)17-12-6-7-15-12/h11-12H,1-10H2. The molecule has 0 aromatic rings. The zero-order valence-corrected chi connectivity index (χ0v) is 10.4. The highest BCUT2D eigenvalue weighted by Gasteiger charge is 2.46. The van der Waals surface area contributed by atoms with Crippen molar-refractivity contribution in [2.75, 3.05) is 26.4 Å². The van der Waals surface area contributed by atoms with Crippen LogP contribution in [0.3, 0.4) is 0 Å². The van der Waals surface area contributed by atoms with E-state index >= 15 is 0 Å². The summed E-state index contributed by atoms with van der Waals surface area (Å²) in [6.45, 7) is 2.70. The zero-order chi connectivity index (χ0) is 11.6. The molecule has 0 spiro atoms. The molecule has 0 aromatic carbocycles. The van der Waals surface area contributed by atoms with Crippen LogP contribution in [0, 0.1) is 5.92 Å². The molecule has 2 unspecified atom stereocenters. The van der Waals surface area contributed by atoms with Gasteiger partial charge in [-0.2, -0.15) is 0 Å². The molecule has 0 aromatic heterocycles. The van der Waals surface area contributed by atoms with E-state index < -0.39 is 5.79 Å². The summed E-state index contributed by atoms with van der Waals surface area (Å²) in [5, 5.41) is 0. The number of hydrogen-bond acceptors (Lipinski definition) is 4. The second kappa shape index (κ2) is 5.22. The first kappa shape index (κ1) is 11.9. The van der Waals surface area contributed by atoms with Crippen molar-refractivity contribution >= 4 is 0 Å². The van der Waals surface area contributed by atoms with Crippen molar-refractivity contribution in [1.29, 1.82) is 0 Å². The molecule has 0 radical (unpaired) electrons. The van der Waals surface area contributed by atoms with Crippen LogP contribution in [0.15, 0.2) is 0 Å². The van der Waals surface area contributed by atoms with Crippen LogP contribution in [0.2, 0.25) is 0 Å². The van der Waals surface area contributed by atoms with Crippen molar-refractivity contribution in [3.8, 4) is 0 Å². The SMILES string of the molecule is C1CCC(C2(OC3CCO3)COCCO2)CC1. The van der Waals surface area contributed by atoms with E-state index in [-0.39, 0.29) is 6.29 Å². The van der Waals surface area contributed by atoms with Crippen LogP contribution >= 0.6 is 0 Å². The lowest BCUT2D eigenvalue weighted by Crippen LogP contribution is -2.55. The minimum atomic E-state index is -0.524. The monoisotopic (exact) mass is 242 g/mol. The van der Waals surface area contributed by atoms with Crippen molar-refractivity contribution < 1.29 is 18.9 Å². The summed E-state index contributed by atoms with van der Waals surface area (Å²) < 4.78 is 23.1. The van der Waals surface area contributed by atoms with E-state index in [1.807, 2.05) is 0 Å². The largest absolute Gasteiger partial charge is 0.373 e. The van der Waals surface area contributed by atoms with E-state index in [0.717, 1.165) is 13.0 Å². The van der Waals surface area contributed by atoms with Gasteiger partial charge in [-0.3, -0.25) is 0 Å². The van der Waals surface area contributed by atoms with Gasteiger partial charge < -0.3 is 18.9 Å². The molecule has 98 valence electrons. The molecule has 3 fully saturated rings. The molecule has 1 saturated carbocycles. The molecular formula is C13H22O4. The third-order valence-electron chi connectivity index (χ3n) is 4.09. The molecule has 0 N–H and O–H groups in total. The highest BCUT2D eigenvalue weighted by Crippen LogP contribution is 2.39. The van der Waals surface area contributed by atoms with E-state index in [4.69, 9.17) is 18.9 Å². The fourth-order valence-corrected chi connectivity index (χ4v) is 3.00. The first-order chi connectivity index (χ1) is 8.39. The van der Waals surface area contributed by atoms with E-state index in [1.165, 1.54) is 32.1 Å². The molecule has 0 amide bonds. The smallest absolute Gasteiger partial charge is 0.197 e. The van der Waals surface area contributed by atoms with E-state index in [9.17, 15) is 0 Å². The third-order valence-corrected chi connectivity index (χ3v) is 4.09. The Morgan fingerprint density at radius 2 is 1.76 bits per heavy atom. The fourth-order valence-electron chi connectivity index (χ4n) is 3.00. The van der Waals surface area contributed by atoms with Gasteiger partial charge in [0.05, 0.1) is 19.8 Å². The van der Waals surface area contributed by atoms with Gasteiger partial charge in [0, 0.05) is 12.3 Å². The van der Waals surface area contributed by atoms with Crippen molar-refractivity contribution in [3.05, 3.63) is 0 Å². The Hall–Kier alpha value is -0.160. The van der Waals surface area contributed by atoms with Crippen molar-refractivity contribution in [1.82, 2.24) is 0 Å². The van der Waals surface area contributed by atoms with E-state index in [0.29, 0.717) is 25.7 Å². The Labute approximate surface area is 103 Å².